The summed E-state index contributed by atoms with van der Waals surface area (Å²) in [5.74, 6) is 0.880. The third kappa shape index (κ3) is 3.14. The van der Waals surface area contributed by atoms with E-state index in [4.69, 9.17) is 4.74 Å². The zero-order chi connectivity index (χ0) is 10.6. The largest absolute Gasteiger partial charge is 0.486 e. The smallest absolute Gasteiger partial charge is 0.169 e. The lowest BCUT2D eigenvalue weighted by atomic mass is 10.2. The summed E-state index contributed by atoms with van der Waals surface area (Å²) in [7, 11) is 0. The molecule has 0 amide bonds. The Labute approximate surface area is 92.4 Å². The molecule has 14 heavy (non-hydrogen) atoms. The minimum atomic E-state index is 0.115. The molecule has 0 aromatic heterocycles. The van der Waals surface area contributed by atoms with Gasteiger partial charge >= 0.3 is 0 Å². The molecule has 1 rings (SSSR count). The van der Waals surface area contributed by atoms with Crippen LogP contribution in [-0.2, 0) is 4.79 Å². The Bertz CT molecular complexity index is 334. The summed E-state index contributed by atoms with van der Waals surface area (Å²) >= 11 is 3.36. The van der Waals surface area contributed by atoms with Crippen LogP contribution in [0.1, 0.15) is 18.9 Å². The molecule has 0 aliphatic heterocycles. The first-order chi connectivity index (χ1) is 6.63. The van der Waals surface area contributed by atoms with Crippen molar-refractivity contribution in [1.82, 2.24) is 0 Å². The number of benzene rings is 1. The molecule has 0 saturated carbocycles. The van der Waals surface area contributed by atoms with Crippen molar-refractivity contribution in [3.05, 3.63) is 28.2 Å². The number of ether oxygens (including phenoxy) is 1. The van der Waals surface area contributed by atoms with Crippen molar-refractivity contribution in [2.24, 2.45) is 0 Å². The summed E-state index contributed by atoms with van der Waals surface area (Å²) in [6.45, 7) is 3.95. The van der Waals surface area contributed by atoms with E-state index in [2.05, 4.69) is 15.9 Å². The number of halogens is 1. The number of carbonyl (C=O) groups is 1. The van der Waals surface area contributed by atoms with Gasteiger partial charge in [-0.3, -0.25) is 4.79 Å². The van der Waals surface area contributed by atoms with E-state index < -0.39 is 0 Å². The van der Waals surface area contributed by atoms with Crippen LogP contribution in [0.3, 0.4) is 0 Å². The maximum atomic E-state index is 11.0. The van der Waals surface area contributed by atoms with E-state index in [-0.39, 0.29) is 12.4 Å². The van der Waals surface area contributed by atoms with Gasteiger partial charge in [0.15, 0.2) is 5.78 Å². The van der Waals surface area contributed by atoms with E-state index in [1.54, 1.807) is 0 Å². The van der Waals surface area contributed by atoms with Crippen molar-refractivity contribution in [2.75, 3.05) is 6.61 Å². The van der Waals surface area contributed by atoms with E-state index in [9.17, 15) is 4.79 Å². The molecular formula is C11H13BrO2. The maximum absolute atomic E-state index is 11.0. The minimum Gasteiger partial charge on any atom is -0.486 e. The van der Waals surface area contributed by atoms with Gasteiger partial charge in [-0.15, -0.1) is 0 Å². The number of aryl methyl sites for hydroxylation is 1. The molecule has 0 atom stereocenters. The third-order valence-electron chi connectivity index (χ3n) is 1.93. The van der Waals surface area contributed by atoms with Gasteiger partial charge in [0.05, 0.1) is 0 Å². The molecule has 2 nitrogen and oxygen atoms in total. The van der Waals surface area contributed by atoms with Crippen LogP contribution in [0.2, 0.25) is 0 Å². The van der Waals surface area contributed by atoms with Gasteiger partial charge < -0.3 is 4.74 Å². The Morgan fingerprint density at radius 1 is 1.50 bits per heavy atom. The average Bonchev–Trinajstić information content (AvgIpc) is 2.19. The summed E-state index contributed by atoms with van der Waals surface area (Å²) in [6, 6.07) is 5.78. The van der Waals surface area contributed by atoms with E-state index >= 15 is 0 Å². The molecule has 0 spiro atoms. The molecule has 0 aliphatic rings. The number of ketones is 1. The van der Waals surface area contributed by atoms with Gasteiger partial charge in [0.2, 0.25) is 0 Å². The molecule has 0 unspecified atom stereocenters. The van der Waals surface area contributed by atoms with Gasteiger partial charge in [-0.1, -0.05) is 28.9 Å². The van der Waals surface area contributed by atoms with E-state index in [0.29, 0.717) is 6.42 Å². The lowest BCUT2D eigenvalue weighted by Crippen LogP contribution is -2.10. The fraction of sp³-hybridized carbons (Fsp3) is 0.364. The number of Topliss-reactive ketones (excluding diaryl/α,β-unsaturated/α-hetero) is 1. The molecule has 3 heteroatoms. The van der Waals surface area contributed by atoms with Crippen LogP contribution in [-0.4, -0.2) is 12.4 Å². The molecule has 1 aromatic rings. The fourth-order valence-corrected chi connectivity index (χ4v) is 1.33. The van der Waals surface area contributed by atoms with E-state index in [0.717, 1.165) is 15.8 Å². The highest BCUT2D eigenvalue weighted by Crippen LogP contribution is 2.22. The number of hydrogen-bond donors (Lipinski definition) is 0. The normalized spacial score (nSPS) is 9.93. The summed E-state index contributed by atoms with van der Waals surface area (Å²) < 4.78 is 6.35. The summed E-state index contributed by atoms with van der Waals surface area (Å²) in [4.78, 5) is 11.0. The Hall–Kier alpha value is -0.830. The van der Waals surface area contributed by atoms with Gasteiger partial charge in [-0.2, -0.15) is 0 Å². The first-order valence-corrected chi connectivity index (χ1v) is 5.33. The second-order valence-electron chi connectivity index (χ2n) is 3.09. The van der Waals surface area contributed by atoms with Gasteiger partial charge in [-0.05, 0) is 24.6 Å². The molecule has 0 saturated heterocycles. The van der Waals surface area contributed by atoms with Gasteiger partial charge in [-0.25, -0.2) is 0 Å². The van der Waals surface area contributed by atoms with Gasteiger partial charge in [0.1, 0.15) is 12.4 Å². The molecule has 0 aliphatic carbocycles. The lowest BCUT2D eigenvalue weighted by Gasteiger charge is -2.07. The Morgan fingerprint density at radius 2 is 2.21 bits per heavy atom. The third-order valence-corrected chi connectivity index (χ3v) is 2.43. The zero-order valence-corrected chi connectivity index (χ0v) is 9.93. The predicted octanol–water partition coefficient (Wildman–Crippen LogP) is 3.12. The molecule has 76 valence electrons. The topological polar surface area (TPSA) is 26.3 Å². The van der Waals surface area contributed by atoms with E-state index in [1.807, 2.05) is 32.0 Å². The standard InChI is InChI=1S/C11H13BrO2/c1-3-10(13)7-14-11-6-9(12)5-4-8(11)2/h4-6H,3,7H2,1-2H3. The van der Waals surface area contributed by atoms with Crippen LogP contribution in [0.25, 0.3) is 0 Å². The monoisotopic (exact) mass is 256 g/mol. The highest BCUT2D eigenvalue weighted by molar-refractivity contribution is 9.10. The molecule has 0 radical (unpaired) electrons. The molecular weight excluding hydrogens is 244 g/mol. The van der Waals surface area contributed by atoms with Crippen molar-refractivity contribution < 1.29 is 9.53 Å². The Morgan fingerprint density at radius 3 is 2.86 bits per heavy atom. The van der Waals surface area contributed by atoms with Crippen molar-refractivity contribution in [2.45, 2.75) is 20.3 Å². The highest BCUT2D eigenvalue weighted by atomic mass is 79.9. The van der Waals surface area contributed by atoms with Crippen molar-refractivity contribution >= 4 is 21.7 Å². The molecule has 0 heterocycles. The lowest BCUT2D eigenvalue weighted by molar-refractivity contribution is -0.120. The van der Waals surface area contributed by atoms with E-state index in [1.165, 1.54) is 0 Å². The number of carbonyl (C=O) groups excluding carboxylic acids is 1. The SMILES string of the molecule is CCC(=O)COc1cc(Br)ccc1C. The molecule has 0 N–H and O–H groups in total. The molecule has 1 aromatic carbocycles. The second-order valence-corrected chi connectivity index (χ2v) is 4.01. The van der Waals surface area contributed by atoms with Crippen molar-refractivity contribution in [3.63, 3.8) is 0 Å². The number of hydrogen-bond acceptors (Lipinski definition) is 2. The second kappa shape index (κ2) is 5.15. The van der Waals surface area contributed by atoms with Crippen molar-refractivity contribution in [1.29, 1.82) is 0 Å². The van der Waals surface area contributed by atoms with Crippen molar-refractivity contribution in [3.8, 4) is 5.75 Å². The first kappa shape index (κ1) is 11.2. The first-order valence-electron chi connectivity index (χ1n) is 4.54. The van der Waals surface area contributed by atoms with Gasteiger partial charge in [0, 0.05) is 10.9 Å². The van der Waals surface area contributed by atoms with Crippen LogP contribution in [0.15, 0.2) is 22.7 Å². The Balaban J connectivity index is 2.66. The van der Waals surface area contributed by atoms with Crippen LogP contribution in [0.5, 0.6) is 5.75 Å². The summed E-state index contributed by atoms with van der Waals surface area (Å²) in [5.41, 5.74) is 1.04. The van der Waals surface area contributed by atoms with Crippen LogP contribution < -0.4 is 4.74 Å². The fourth-order valence-electron chi connectivity index (χ4n) is 0.990. The summed E-state index contributed by atoms with van der Waals surface area (Å²) in [6.07, 6.45) is 0.521. The molecule has 0 bridgehead atoms. The zero-order valence-electron chi connectivity index (χ0n) is 8.34. The minimum absolute atomic E-state index is 0.115. The van der Waals surface area contributed by atoms with Crippen LogP contribution in [0.4, 0.5) is 0 Å². The Kier molecular flexibility index (Phi) is 4.14. The van der Waals surface area contributed by atoms with Gasteiger partial charge in [0.25, 0.3) is 0 Å². The highest BCUT2D eigenvalue weighted by Gasteiger charge is 2.03. The quantitative estimate of drug-likeness (QED) is 0.828. The maximum Gasteiger partial charge on any atom is 0.169 e. The predicted molar refractivity (Wildman–Crippen MR) is 59.7 cm³/mol. The molecule has 0 fully saturated rings. The van der Waals surface area contributed by atoms with Crippen LogP contribution in [0, 0.1) is 6.92 Å². The summed E-state index contributed by atoms with van der Waals surface area (Å²) in [5, 5.41) is 0. The number of rotatable bonds is 4. The average molecular weight is 257 g/mol. The van der Waals surface area contributed by atoms with Crippen LogP contribution >= 0.6 is 15.9 Å².